The van der Waals surface area contributed by atoms with Gasteiger partial charge in [0.05, 0.1) is 6.54 Å². The first-order valence-electron chi connectivity index (χ1n) is 6.33. The number of H-pyrrole nitrogens is 1. The average Bonchev–Trinajstić information content (AvgIpc) is 3.12. The number of carboxylic acids is 1. The third kappa shape index (κ3) is 4.64. The van der Waals surface area contributed by atoms with E-state index in [1.165, 1.54) is 18.5 Å². The summed E-state index contributed by atoms with van der Waals surface area (Å²) in [6.07, 6.45) is 2.86. The smallest absolute Gasteiger partial charge is 0.371 e. The first kappa shape index (κ1) is 14.6. The topological polar surface area (TPSA) is 133 Å². The fourth-order valence-corrected chi connectivity index (χ4v) is 1.63. The number of nitrogens with zero attached hydrogens (tertiary/aromatic N) is 2. The number of nitrogens with one attached hydrogen (secondary N) is 3. The lowest BCUT2D eigenvalue weighted by atomic mass is 10.3. The van der Waals surface area contributed by atoms with E-state index in [0.29, 0.717) is 18.7 Å². The molecule has 9 nitrogen and oxygen atoms in total. The summed E-state index contributed by atoms with van der Waals surface area (Å²) in [6, 6.07) is 2.50. The Labute approximate surface area is 119 Å². The quantitative estimate of drug-likeness (QED) is 0.550. The number of furan rings is 1. The van der Waals surface area contributed by atoms with Gasteiger partial charge in [0.25, 0.3) is 0 Å². The molecular weight excluding hydrogens is 278 g/mol. The number of aromatic amines is 1. The number of aryl methyl sites for hydroxylation is 1. The van der Waals surface area contributed by atoms with Crippen molar-refractivity contribution < 1.29 is 19.1 Å². The highest BCUT2D eigenvalue weighted by Crippen LogP contribution is 2.07. The predicted molar refractivity (Wildman–Crippen MR) is 70.6 cm³/mol. The van der Waals surface area contributed by atoms with Gasteiger partial charge in [-0.05, 0) is 18.6 Å². The van der Waals surface area contributed by atoms with Gasteiger partial charge in [0.15, 0.2) is 0 Å². The van der Waals surface area contributed by atoms with Crippen molar-refractivity contribution in [1.82, 2.24) is 25.8 Å². The zero-order valence-corrected chi connectivity index (χ0v) is 11.1. The van der Waals surface area contributed by atoms with E-state index in [9.17, 15) is 9.59 Å². The van der Waals surface area contributed by atoms with Gasteiger partial charge < -0.3 is 20.2 Å². The Morgan fingerprint density at radius 2 is 2.19 bits per heavy atom. The van der Waals surface area contributed by atoms with Crippen molar-refractivity contribution in [2.24, 2.45) is 0 Å². The van der Waals surface area contributed by atoms with E-state index in [0.717, 1.165) is 12.2 Å². The number of amides is 2. The number of urea groups is 1. The van der Waals surface area contributed by atoms with Gasteiger partial charge in [-0.2, -0.15) is 5.10 Å². The fourth-order valence-electron chi connectivity index (χ4n) is 1.63. The normalized spacial score (nSPS) is 10.3. The molecule has 0 aliphatic heterocycles. The minimum Gasteiger partial charge on any atom is -0.475 e. The lowest BCUT2D eigenvalue weighted by molar-refractivity contribution is 0.0660. The molecule has 0 unspecified atom stereocenters. The van der Waals surface area contributed by atoms with E-state index in [2.05, 4.69) is 25.8 Å². The van der Waals surface area contributed by atoms with E-state index >= 15 is 0 Å². The number of rotatable bonds is 7. The molecule has 9 heteroatoms. The van der Waals surface area contributed by atoms with E-state index in [-0.39, 0.29) is 18.3 Å². The Morgan fingerprint density at radius 3 is 2.86 bits per heavy atom. The third-order valence-corrected chi connectivity index (χ3v) is 2.64. The monoisotopic (exact) mass is 293 g/mol. The van der Waals surface area contributed by atoms with Crippen LogP contribution < -0.4 is 10.6 Å². The second-order valence-electron chi connectivity index (χ2n) is 4.22. The molecule has 0 atom stereocenters. The maximum atomic E-state index is 11.5. The molecule has 4 N–H and O–H groups in total. The van der Waals surface area contributed by atoms with Crippen LogP contribution in [0.3, 0.4) is 0 Å². The van der Waals surface area contributed by atoms with Gasteiger partial charge in [-0.25, -0.2) is 14.6 Å². The molecule has 0 aromatic carbocycles. The van der Waals surface area contributed by atoms with E-state index in [4.69, 9.17) is 9.52 Å². The summed E-state index contributed by atoms with van der Waals surface area (Å²) in [4.78, 5) is 26.1. The maximum absolute atomic E-state index is 11.5. The van der Waals surface area contributed by atoms with Gasteiger partial charge in [0.1, 0.15) is 17.9 Å². The Hall–Kier alpha value is -2.84. The van der Waals surface area contributed by atoms with Crippen molar-refractivity contribution in [2.75, 3.05) is 6.54 Å². The summed E-state index contributed by atoms with van der Waals surface area (Å²) in [5.74, 6) is -0.143. The summed E-state index contributed by atoms with van der Waals surface area (Å²) >= 11 is 0. The van der Waals surface area contributed by atoms with Crippen molar-refractivity contribution in [3.63, 3.8) is 0 Å². The standard InChI is InChI=1S/C12H15N5O4/c18-11(19)9-4-3-8(21-9)6-14-12(20)13-5-1-2-10-15-7-16-17-10/h3-4,7H,1-2,5-6H2,(H,18,19)(H2,13,14,20)(H,15,16,17). The first-order chi connectivity index (χ1) is 10.1. The molecule has 2 amide bonds. The number of aromatic nitrogens is 3. The highest BCUT2D eigenvalue weighted by Gasteiger charge is 2.09. The number of aromatic carboxylic acids is 1. The van der Waals surface area contributed by atoms with Gasteiger partial charge in [0, 0.05) is 13.0 Å². The second-order valence-corrected chi connectivity index (χ2v) is 4.22. The number of hydrogen-bond acceptors (Lipinski definition) is 5. The Kier molecular flexibility index (Phi) is 4.91. The fraction of sp³-hybridized carbons (Fsp3) is 0.333. The minimum absolute atomic E-state index is 0.126. The number of carbonyl (C=O) groups is 2. The zero-order valence-electron chi connectivity index (χ0n) is 11.1. The SMILES string of the molecule is O=C(NCCCc1ncn[nH]1)NCc1ccc(C(=O)O)o1. The summed E-state index contributed by atoms with van der Waals surface area (Å²) in [6.45, 7) is 0.617. The molecule has 2 aromatic heterocycles. The van der Waals surface area contributed by atoms with Crippen LogP contribution in [0.2, 0.25) is 0 Å². The summed E-state index contributed by atoms with van der Waals surface area (Å²) in [5, 5.41) is 20.4. The van der Waals surface area contributed by atoms with Gasteiger partial charge in [-0.1, -0.05) is 0 Å². The number of carboxylic acid groups (broad SMARTS) is 1. The molecule has 0 aliphatic carbocycles. The zero-order chi connectivity index (χ0) is 15.1. The molecular formula is C12H15N5O4. The Bertz CT molecular complexity index is 593. The van der Waals surface area contributed by atoms with Crippen molar-refractivity contribution >= 4 is 12.0 Å². The molecule has 0 saturated heterocycles. The lowest BCUT2D eigenvalue weighted by Gasteiger charge is -2.05. The maximum Gasteiger partial charge on any atom is 0.371 e. The van der Waals surface area contributed by atoms with E-state index in [1.54, 1.807) is 0 Å². The molecule has 2 heterocycles. The Balaban J connectivity index is 1.61. The number of hydrogen-bond donors (Lipinski definition) is 4. The number of carbonyl (C=O) groups excluding carboxylic acids is 1. The average molecular weight is 293 g/mol. The van der Waals surface area contributed by atoms with Gasteiger partial charge in [-0.3, -0.25) is 5.10 Å². The van der Waals surface area contributed by atoms with E-state index in [1.807, 2.05) is 0 Å². The van der Waals surface area contributed by atoms with Crippen LogP contribution in [-0.2, 0) is 13.0 Å². The van der Waals surface area contributed by atoms with Crippen LogP contribution in [0.25, 0.3) is 0 Å². The summed E-state index contributed by atoms with van der Waals surface area (Å²) in [7, 11) is 0. The van der Waals surface area contributed by atoms with E-state index < -0.39 is 5.97 Å². The van der Waals surface area contributed by atoms with Crippen molar-refractivity contribution in [3.8, 4) is 0 Å². The highest BCUT2D eigenvalue weighted by atomic mass is 16.4. The van der Waals surface area contributed by atoms with Crippen LogP contribution in [0.15, 0.2) is 22.9 Å². The molecule has 0 radical (unpaired) electrons. The molecule has 2 aromatic rings. The largest absolute Gasteiger partial charge is 0.475 e. The van der Waals surface area contributed by atoms with Crippen molar-refractivity contribution in [1.29, 1.82) is 0 Å². The van der Waals surface area contributed by atoms with Crippen LogP contribution in [0.1, 0.15) is 28.6 Å². The lowest BCUT2D eigenvalue weighted by Crippen LogP contribution is -2.35. The minimum atomic E-state index is -1.14. The van der Waals surface area contributed by atoms with Crippen LogP contribution in [0.5, 0.6) is 0 Å². The molecule has 112 valence electrons. The molecule has 21 heavy (non-hydrogen) atoms. The predicted octanol–water partition coefficient (Wildman–Crippen LogP) is 0.528. The Morgan fingerprint density at radius 1 is 1.33 bits per heavy atom. The molecule has 0 spiro atoms. The summed E-state index contributed by atoms with van der Waals surface area (Å²) in [5.41, 5.74) is 0. The third-order valence-electron chi connectivity index (χ3n) is 2.64. The highest BCUT2D eigenvalue weighted by molar-refractivity contribution is 5.84. The van der Waals surface area contributed by atoms with Crippen molar-refractivity contribution in [3.05, 3.63) is 35.8 Å². The van der Waals surface area contributed by atoms with Crippen LogP contribution >= 0.6 is 0 Å². The summed E-state index contributed by atoms with van der Waals surface area (Å²) < 4.78 is 5.01. The molecule has 0 fully saturated rings. The van der Waals surface area contributed by atoms with Crippen LogP contribution in [0, 0.1) is 0 Å². The van der Waals surface area contributed by atoms with Crippen molar-refractivity contribution in [2.45, 2.75) is 19.4 Å². The van der Waals surface area contributed by atoms with Crippen LogP contribution in [0.4, 0.5) is 4.79 Å². The molecule has 0 saturated carbocycles. The van der Waals surface area contributed by atoms with Gasteiger partial charge >= 0.3 is 12.0 Å². The first-order valence-corrected chi connectivity index (χ1v) is 6.33. The molecule has 0 bridgehead atoms. The van der Waals surface area contributed by atoms with Crippen LogP contribution in [-0.4, -0.2) is 38.8 Å². The van der Waals surface area contributed by atoms with Gasteiger partial charge in [-0.15, -0.1) is 0 Å². The molecule has 2 rings (SSSR count). The second kappa shape index (κ2) is 7.08. The molecule has 0 aliphatic rings. The van der Waals surface area contributed by atoms with Gasteiger partial charge in [0.2, 0.25) is 5.76 Å².